The number of hydrogen-bond donors (Lipinski definition) is 3. The third-order valence-electron chi connectivity index (χ3n) is 7.35. The maximum Gasteiger partial charge on any atom is 0.480 e. The standard InChI is InChI=1S/C28H29ClN2O4/c29-22-13-21-11-12-31(17-23-14-20-3-1-2-4-25(20)35-23)27(21)24(15-22)28(34)30-16-19-7-5-18(6-8-19)9-10-26(32)33/h1-4,11-15,18-19H,5-10,16-17H2,(H,30,34)(H,32,33)/p+3. The van der Waals surface area contributed by atoms with Gasteiger partial charge in [-0.1, -0.05) is 36.6 Å². The molecule has 1 aliphatic carbocycles. The summed E-state index contributed by atoms with van der Waals surface area (Å²) >= 11 is 6.38. The third kappa shape index (κ3) is 5.44. The minimum atomic E-state index is -0.471. The first-order valence-corrected chi connectivity index (χ1v) is 12.7. The van der Waals surface area contributed by atoms with Crippen molar-refractivity contribution in [3.63, 3.8) is 0 Å². The van der Waals surface area contributed by atoms with Crippen molar-refractivity contribution in [3.05, 3.63) is 70.6 Å². The molecular weight excluding hydrogens is 464 g/mol. The van der Waals surface area contributed by atoms with Gasteiger partial charge in [0.2, 0.25) is 0 Å². The van der Waals surface area contributed by atoms with Crippen molar-refractivity contribution in [2.24, 2.45) is 11.8 Å². The van der Waals surface area contributed by atoms with Gasteiger partial charge in [-0.3, -0.25) is 9.69 Å². The number of carboxylic acid groups (broad SMARTS) is 1. The van der Waals surface area contributed by atoms with Gasteiger partial charge in [0, 0.05) is 29.3 Å². The summed E-state index contributed by atoms with van der Waals surface area (Å²) in [6.45, 7) is 1.30. The van der Waals surface area contributed by atoms with E-state index in [1.807, 2.05) is 30.3 Å². The number of halogens is 1. The summed E-state index contributed by atoms with van der Waals surface area (Å²) in [6.07, 6.45) is 9.47. The van der Waals surface area contributed by atoms with Gasteiger partial charge in [-0.05, 0) is 49.3 Å². The molecule has 2 heterocycles. The van der Waals surface area contributed by atoms with E-state index in [4.69, 9.17) is 25.9 Å². The summed E-state index contributed by atoms with van der Waals surface area (Å²) in [5.41, 5.74) is 3.52. The summed E-state index contributed by atoms with van der Waals surface area (Å²) in [5.74, 6) is 1.40. The number of benzene rings is 2. The zero-order valence-electron chi connectivity index (χ0n) is 19.6. The fraction of sp³-hybridized carbons (Fsp3) is 0.357. The summed E-state index contributed by atoms with van der Waals surface area (Å²) in [6, 6.07) is 13.9. The van der Waals surface area contributed by atoms with E-state index in [0.717, 1.165) is 65.0 Å². The first-order chi connectivity index (χ1) is 17.0. The van der Waals surface area contributed by atoms with Gasteiger partial charge in [-0.2, -0.15) is 0 Å². The van der Waals surface area contributed by atoms with E-state index in [2.05, 4.69) is 23.6 Å². The quantitative estimate of drug-likeness (QED) is 0.371. The first-order valence-electron chi connectivity index (χ1n) is 12.4. The molecule has 5 N–H and O–H groups in total. The Balaban J connectivity index is 1.24. The molecule has 1 aliphatic heterocycles. The van der Waals surface area contributed by atoms with Gasteiger partial charge in [0.1, 0.15) is 18.2 Å². The van der Waals surface area contributed by atoms with E-state index in [1.54, 1.807) is 6.07 Å². The lowest BCUT2D eigenvalue weighted by Gasteiger charge is -2.28. The first kappa shape index (κ1) is 23.6. The van der Waals surface area contributed by atoms with Gasteiger partial charge in [0.15, 0.2) is 12.2 Å². The van der Waals surface area contributed by atoms with Gasteiger partial charge >= 0.3 is 5.97 Å². The molecule has 1 atom stereocenters. The number of nitrogens with one attached hydrogen (secondary N) is 2. The lowest BCUT2D eigenvalue weighted by molar-refractivity contribution is -0.788. The van der Waals surface area contributed by atoms with Crippen molar-refractivity contribution in [2.75, 3.05) is 6.54 Å². The number of para-hydroxylation sites is 1. The normalized spacial score (nSPS) is 21.2. The number of rotatable bonds is 8. The van der Waals surface area contributed by atoms with Gasteiger partial charge in [0.05, 0.1) is 11.5 Å². The molecule has 6 nitrogen and oxygen atoms in total. The second-order valence-electron chi connectivity index (χ2n) is 9.81. The Morgan fingerprint density at radius 1 is 1.14 bits per heavy atom. The van der Waals surface area contributed by atoms with Crippen LogP contribution in [0.5, 0.6) is 0 Å². The monoisotopic (exact) mass is 495 g/mol. The summed E-state index contributed by atoms with van der Waals surface area (Å²) in [4.78, 5) is 23.4. The van der Waals surface area contributed by atoms with Crippen LogP contribution in [-0.4, -0.2) is 28.3 Å². The fourth-order valence-corrected chi connectivity index (χ4v) is 5.70. The zero-order chi connectivity index (χ0) is 24.4. The molecule has 3 aromatic rings. The number of carboxylic acids is 1. The molecule has 1 amide bonds. The molecule has 182 valence electrons. The second kappa shape index (κ2) is 10.3. The van der Waals surface area contributed by atoms with Crippen LogP contribution in [0.3, 0.4) is 0 Å². The maximum absolute atomic E-state index is 13.3. The Morgan fingerprint density at radius 2 is 1.91 bits per heavy atom. The molecule has 2 aromatic carbocycles. The van der Waals surface area contributed by atoms with Crippen LogP contribution in [0.15, 0.2) is 53.1 Å². The van der Waals surface area contributed by atoms with Crippen LogP contribution >= 0.6 is 11.6 Å². The SMILES string of the molecule is O=C(NCC1CCC(CCC(O)=[OH+])CC1)c1cc(Cl)cc2c1[NH+](Cc1cc3ccccc3[oH+]1)C=C2. The predicted molar refractivity (Wildman–Crippen MR) is 139 cm³/mol. The van der Waals surface area contributed by atoms with Crippen LogP contribution in [0.2, 0.25) is 5.02 Å². The average Bonchev–Trinajstić information content (AvgIpc) is 3.44. The minimum Gasteiger partial charge on any atom is -0.545 e. The molecule has 0 saturated heterocycles. The molecule has 1 unspecified atom stereocenters. The largest absolute Gasteiger partial charge is 0.545 e. The highest BCUT2D eigenvalue weighted by atomic mass is 35.5. The van der Waals surface area contributed by atoms with E-state index in [-0.39, 0.29) is 5.91 Å². The van der Waals surface area contributed by atoms with Crippen LogP contribution < -0.4 is 10.2 Å². The smallest absolute Gasteiger partial charge is 0.480 e. The van der Waals surface area contributed by atoms with E-state index in [0.29, 0.717) is 41.9 Å². The lowest BCUT2D eigenvalue weighted by Crippen LogP contribution is -3.00. The molecule has 5 rings (SSSR count). The summed E-state index contributed by atoms with van der Waals surface area (Å²) in [7, 11) is 0. The van der Waals surface area contributed by atoms with Crippen molar-refractivity contribution in [2.45, 2.75) is 45.1 Å². The van der Waals surface area contributed by atoms with E-state index >= 15 is 0 Å². The zero-order valence-corrected chi connectivity index (χ0v) is 20.4. The van der Waals surface area contributed by atoms with Crippen LogP contribution in [0.25, 0.3) is 17.0 Å². The molecule has 2 aliphatic rings. The number of hydrogen-bond acceptors (Lipinski definition) is 1. The highest BCUT2D eigenvalue weighted by Gasteiger charge is 2.31. The highest BCUT2D eigenvalue weighted by Crippen LogP contribution is 2.32. The molecule has 0 bridgehead atoms. The van der Waals surface area contributed by atoms with Crippen molar-refractivity contribution >= 4 is 46.2 Å². The minimum absolute atomic E-state index is 0.0903. The third-order valence-corrected chi connectivity index (χ3v) is 7.57. The average molecular weight is 496 g/mol. The molecule has 7 heteroatoms. The lowest BCUT2D eigenvalue weighted by atomic mass is 9.80. The van der Waals surface area contributed by atoms with Crippen LogP contribution in [0.1, 0.15) is 60.2 Å². The maximum atomic E-state index is 13.3. The van der Waals surface area contributed by atoms with Crippen LogP contribution in [-0.2, 0) is 6.54 Å². The van der Waals surface area contributed by atoms with E-state index in [1.165, 1.54) is 0 Å². The molecular formula is C28H32ClN2O4+3. The van der Waals surface area contributed by atoms with Crippen molar-refractivity contribution in [1.82, 2.24) is 5.32 Å². The Morgan fingerprint density at radius 3 is 2.69 bits per heavy atom. The number of carbonyl (C=O) groups is 1. The van der Waals surface area contributed by atoms with Gasteiger partial charge < -0.3 is 19.6 Å². The van der Waals surface area contributed by atoms with Gasteiger partial charge in [0.25, 0.3) is 17.3 Å². The Labute approximate surface area is 209 Å². The van der Waals surface area contributed by atoms with E-state index < -0.39 is 5.97 Å². The number of amides is 1. The predicted octanol–water partition coefficient (Wildman–Crippen LogP) is 5.28. The molecule has 1 aromatic heterocycles. The van der Waals surface area contributed by atoms with Gasteiger partial charge in [-0.25, -0.2) is 0 Å². The van der Waals surface area contributed by atoms with Crippen LogP contribution in [0, 0.1) is 11.8 Å². The van der Waals surface area contributed by atoms with Gasteiger partial charge in [-0.15, -0.1) is 0 Å². The van der Waals surface area contributed by atoms with Crippen molar-refractivity contribution in [3.8, 4) is 0 Å². The van der Waals surface area contributed by atoms with Crippen molar-refractivity contribution < 1.29 is 24.0 Å². The topological polar surface area (TPSA) is 88.0 Å². The summed E-state index contributed by atoms with van der Waals surface area (Å²) in [5, 5.41) is 13.9. The molecule has 1 fully saturated rings. The number of quaternary nitrogens is 1. The van der Waals surface area contributed by atoms with Crippen molar-refractivity contribution in [1.29, 1.82) is 0 Å². The highest BCUT2D eigenvalue weighted by molar-refractivity contribution is 6.31. The van der Waals surface area contributed by atoms with Crippen LogP contribution in [0.4, 0.5) is 5.69 Å². The molecule has 0 spiro atoms. The number of fused-ring (bicyclic) bond motifs is 2. The number of aliphatic carboxylic acids is 1. The Bertz CT molecular complexity index is 1240. The molecule has 1 saturated carbocycles. The number of carbonyl (C=O) groups excluding carboxylic acids is 1. The fourth-order valence-electron chi connectivity index (χ4n) is 5.47. The Hall–Kier alpha value is -3.09. The second-order valence-corrected chi connectivity index (χ2v) is 10.2. The van der Waals surface area contributed by atoms with E-state index in [9.17, 15) is 4.79 Å². The number of aliphatic hydroxyl groups excluding tert-OH is 1. The molecule has 35 heavy (non-hydrogen) atoms. The summed E-state index contributed by atoms with van der Waals surface area (Å²) < 4.78 is 4.76. The molecule has 0 radical (unpaired) electrons. The Kier molecular flexibility index (Phi) is 6.93. The number of furan rings is 1.